The zero-order chi connectivity index (χ0) is 15.5. The van der Waals surface area contributed by atoms with Gasteiger partial charge in [0.15, 0.2) is 0 Å². The highest BCUT2D eigenvalue weighted by Crippen LogP contribution is 2.29. The van der Waals surface area contributed by atoms with Crippen LogP contribution >= 0.6 is 0 Å². The predicted molar refractivity (Wildman–Crippen MR) is 85.2 cm³/mol. The number of nitrogens with one attached hydrogen (secondary N) is 1. The minimum absolute atomic E-state index is 0.151. The summed E-state index contributed by atoms with van der Waals surface area (Å²) >= 11 is 0. The van der Waals surface area contributed by atoms with E-state index >= 15 is 0 Å². The van der Waals surface area contributed by atoms with Crippen LogP contribution in [0.3, 0.4) is 0 Å². The Balaban J connectivity index is 2.12. The van der Waals surface area contributed by atoms with E-state index in [1.807, 2.05) is 24.0 Å². The summed E-state index contributed by atoms with van der Waals surface area (Å²) in [6.45, 7) is 8.21. The van der Waals surface area contributed by atoms with Gasteiger partial charge in [-0.1, -0.05) is 13.0 Å². The van der Waals surface area contributed by atoms with E-state index < -0.39 is 5.60 Å². The van der Waals surface area contributed by atoms with Crippen LogP contribution in [-0.2, 0) is 0 Å². The molecule has 1 heterocycles. The van der Waals surface area contributed by atoms with Gasteiger partial charge < -0.3 is 15.3 Å². The van der Waals surface area contributed by atoms with E-state index in [0.717, 1.165) is 37.9 Å². The minimum Gasteiger partial charge on any atom is -0.388 e. The SMILES string of the molecule is CCCNC(C)c1ccc(N2CCCC(C)(O)C2)c(F)c1. The Hall–Kier alpha value is -1.13. The van der Waals surface area contributed by atoms with Gasteiger partial charge in [-0.25, -0.2) is 4.39 Å². The van der Waals surface area contributed by atoms with Crippen LogP contribution in [0.1, 0.15) is 51.6 Å². The molecule has 4 heteroatoms. The van der Waals surface area contributed by atoms with Crippen LogP contribution in [-0.4, -0.2) is 30.3 Å². The number of nitrogens with zero attached hydrogens (tertiary/aromatic N) is 1. The molecule has 118 valence electrons. The Morgan fingerprint density at radius 1 is 1.48 bits per heavy atom. The molecule has 3 nitrogen and oxygen atoms in total. The molecule has 1 aromatic carbocycles. The van der Waals surface area contributed by atoms with E-state index in [4.69, 9.17) is 0 Å². The molecule has 1 fully saturated rings. The Labute approximate surface area is 127 Å². The fourth-order valence-electron chi connectivity index (χ4n) is 2.95. The lowest BCUT2D eigenvalue weighted by molar-refractivity contribution is 0.0447. The van der Waals surface area contributed by atoms with Gasteiger partial charge in [0, 0.05) is 19.1 Å². The van der Waals surface area contributed by atoms with Gasteiger partial charge in [-0.05, 0) is 57.4 Å². The fourth-order valence-corrected chi connectivity index (χ4v) is 2.95. The van der Waals surface area contributed by atoms with Crippen molar-refractivity contribution in [2.75, 3.05) is 24.5 Å². The van der Waals surface area contributed by atoms with E-state index in [2.05, 4.69) is 19.2 Å². The van der Waals surface area contributed by atoms with Gasteiger partial charge in [0.2, 0.25) is 0 Å². The van der Waals surface area contributed by atoms with Crippen molar-refractivity contribution in [3.05, 3.63) is 29.6 Å². The second-order valence-electron chi connectivity index (χ2n) is 6.41. The standard InChI is InChI=1S/C17H27FN2O/c1-4-9-19-13(2)14-6-7-16(15(18)11-14)20-10-5-8-17(3,21)12-20/h6-7,11,13,19,21H,4-5,8-10,12H2,1-3H3. The highest BCUT2D eigenvalue weighted by molar-refractivity contribution is 5.50. The summed E-state index contributed by atoms with van der Waals surface area (Å²) in [4.78, 5) is 1.95. The third kappa shape index (κ3) is 4.17. The average Bonchev–Trinajstić information content (AvgIpc) is 2.43. The van der Waals surface area contributed by atoms with Crippen LogP contribution in [0.25, 0.3) is 0 Å². The lowest BCUT2D eigenvalue weighted by atomic mass is 9.94. The first-order chi connectivity index (χ1) is 9.93. The maximum atomic E-state index is 14.4. The molecule has 0 amide bonds. The fraction of sp³-hybridized carbons (Fsp3) is 0.647. The number of hydrogen-bond acceptors (Lipinski definition) is 3. The molecule has 0 saturated carbocycles. The predicted octanol–water partition coefficient (Wildman–Crippen LogP) is 3.24. The van der Waals surface area contributed by atoms with Crippen molar-refractivity contribution in [1.82, 2.24) is 5.32 Å². The second-order valence-corrected chi connectivity index (χ2v) is 6.41. The van der Waals surface area contributed by atoms with Crippen molar-refractivity contribution in [3.8, 4) is 0 Å². The van der Waals surface area contributed by atoms with Crippen molar-refractivity contribution in [2.24, 2.45) is 0 Å². The molecule has 2 unspecified atom stereocenters. The average molecular weight is 294 g/mol. The molecule has 1 saturated heterocycles. The Bertz CT molecular complexity index is 476. The van der Waals surface area contributed by atoms with Gasteiger partial charge >= 0.3 is 0 Å². The molecule has 21 heavy (non-hydrogen) atoms. The summed E-state index contributed by atoms with van der Waals surface area (Å²) in [5.41, 5.74) is 0.842. The lowest BCUT2D eigenvalue weighted by Crippen LogP contribution is -2.46. The summed E-state index contributed by atoms with van der Waals surface area (Å²) in [5, 5.41) is 13.5. The van der Waals surface area contributed by atoms with Crippen molar-refractivity contribution in [1.29, 1.82) is 0 Å². The number of hydrogen-bond donors (Lipinski definition) is 2. The normalized spacial score (nSPS) is 24.1. The summed E-state index contributed by atoms with van der Waals surface area (Å²) in [5.74, 6) is -0.199. The maximum absolute atomic E-state index is 14.4. The van der Waals surface area contributed by atoms with Gasteiger partial charge in [-0.2, -0.15) is 0 Å². The van der Waals surface area contributed by atoms with Gasteiger partial charge in [-0.3, -0.25) is 0 Å². The van der Waals surface area contributed by atoms with Crippen molar-refractivity contribution >= 4 is 5.69 Å². The van der Waals surface area contributed by atoms with E-state index in [9.17, 15) is 9.50 Å². The summed E-state index contributed by atoms with van der Waals surface area (Å²) in [6, 6.07) is 5.59. The minimum atomic E-state index is -0.723. The third-order valence-corrected chi connectivity index (χ3v) is 4.19. The molecule has 0 radical (unpaired) electrons. The molecular formula is C17H27FN2O. The number of rotatable bonds is 5. The number of aliphatic hydroxyl groups is 1. The molecule has 0 bridgehead atoms. The summed E-state index contributed by atoms with van der Waals surface area (Å²) < 4.78 is 14.4. The topological polar surface area (TPSA) is 35.5 Å². The number of halogens is 1. The molecule has 1 aromatic rings. The summed E-state index contributed by atoms with van der Waals surface area (Å²) in [7, 11) is 0. The van der Waals surface area contributed by atoms with Gasteiger partial charge in [0.25, 0.3) is 0 Å². The maximum Gasteiger partial charge on any atom is 0.146 e. The second kappa shape index (κ2) is 6.75. The van der Waals surface area contributed by atoms with Gasteiger partial charge in [0.05, 0.1) is 11.3 Å². The number of benzene rings is 1. The molecule has 1 aliphatic rings. The number of anilines is 1. The molecule has 0 spiro atoms. The molecule has 0 aromatic heterocycles. The van der Waals surface area contributed by atoms with E-state index in [1.54, 1.807) is 6.07 Å². The van der Waals surface area contributed by atoms with Crippen molar-refractivity contribution in [2.45, 2.75) is 51.7 Å². The highest BCUT2D eigenvalue weighted by Gasteiger charge is 2.29. The Morgan fingerprint density at radius 3 is 2.86 bits per heavy atom. The largest absolute Gasteiger partial charge is 0.388 e. The van der Waals surface area contributed by atoms with Crippen LogP contribution in [0.4, 0.5) is 10.1 Å². The lowest BCUT2D eigenvalue weighted by Gasteiger charge is -2.38. The quantitative estimate of drug-likeness (QED) is 0.875. The third-order valence-electron chi connectivity index (χ3n) is 4.19. The summed E-state index contributed by atoms with van der Waals surface area (Å²) in [6.07, 6.45) is 2.73. The van der Waals surface area contributed by atoms with Crippen LogP contribution < -0.4 is 10.2 Å². The molecular weight excluding hydrogens is 267 g/mol. The molecule has 1 aliphatic heterocycles. The monoisotopic (exact) mass is 294 g/mol. The zero-order valence-electron chi connectivity index (χ0n) is 13.3. The van der Waals surface area contributed by atoms with Crippen LogP contribution in [0.15, 0.2) is 18.2 Å². The molecule has 0 aliphatic carbocycles. The van der Waals surface area contributed by atoms with Gasteiger partial charge in [0.1, 0.15) is 5.82 Å². The first-order valence-electron chi connectivity index (χ1n) is 7.93. The Morgan fingerprint density at radius 2 is 2.24 bits per heavy atom. The van der Waals surface area contributed by atoms with Crippen LogP contribution in [0, 0.1) is 5.82 Å². The first kappa shape index (κ1) is 16.2. The van der Waals surface area contributed by atoms with Gasteiger partial charge in [-0.15, -0.1) is 0 Å². The van der Waals surface area contributed by atoms with Crippen molar-refractivity contribution < 1.29 is 9.50 Å². The first-order valence-corrected chi connectivity index (χ1v) is 7.93. The number of piperidine rings is 1. The van der Waals surface area contributed by atoms with E-state index in [1.165, 1.54) is 0 Å². The highest BCUT2D eigenvalue weighted by atomic mass is 19.1. The van der Waals surface area contributed by atoms with Crippen LogP contribution in [0.5, 0.6) is 0 Å². The van der Waals surface area contributed by atoms with E-state index in [0.29, 0.717) is 12.2 Å². The van der Waals surface area contributed by atoms with Crippen LogP contribution in [0.2, 0.25) is 0 Å². The smallest absolute Gasteiger partial charge is 0.146 e. The Kier molecular flexibility index (Phi) is 5.22. The number of β-amino-alcohol motifs (C(OH)–C–C–N with tert-alkyl or cyclic N) is 1. The van der Waals surface area contributed by atoms with E-state index in [-0.39, 0.29) is 11.9 Å². The zero-order valence-corrected chi connectivity index (χ0v) is 13.3. The van der Waals surface area contributed by atoms with Crippen molar-refractivity contribution in [3.63, 3.8) is 0 Å². The molecule has 2 rings (SSSR count). The molecule has 2 N–H and O–H groups in total. The molecule has 2 atom stereocenters.